The number of nitrogens with zero attached hydrogens (tertiary/aromatic N) is 2. The number of aromatic carboxylic acids is 1. The maximum Gasteiger partial charge on any atom is 0.358 e. The smallest absolute Gasteiger partial charge is 0.358 e. The number of nitrogens with two attached hydrogens (primary N) is 1. The fourth-order valence-electron chi connectivity index (χ4n) is 2.16. The molecule has 6 nitrogen and oxygen atoms in total. The van der Waals surface area contributed by atoms with Crippen LogP contribution in [0.3, 0.4) is 0 Å². The highest BCUT2D eigenvalue weighted by molar-refractivity contribution is 7.98. The molecule has 0 bridgehead atoms. The van der Waals surface area contributed by atoms with Crippen molar-refractivity contribution in [1.82, 2.24) is 10.2 Å². The van der Waals surface area contributed by atoms with Gasteiger partial charge in [0.1, 0.15) is 0 Å². The molecule has 0 radical (unpaired) electrons. The van der Waals surface area contributed by atoms with Crippen molar-refractivity contribution in [3.8, 4) is 11.4 Å². The Morgan fingerprint density at radius 1 is 1.24 bits per heavy atom. The minimum Gasteiger partial charge on any atom is -0.545 e. The van der Waals surface area contributed by atoms with Gasteiger partial charge in [0.15, 0.2) is 0 Å². The summed E-state index contributed by atoms with van der Waals surface area (Å²) in [5.41, 5.74) is 1.76. The van der Waals surface area contributed by atoms with Crippen LogP contribution in [0.5, 0.6) is 0 Å². The number of hydrogen-bond acceptors (Lipinski definition) is 5. The third-order valence-electron chi connectivity index (χ3n) is 3.45. The van der Waals surface area contributed by atoms with Crippen molar-refractivity contribution in [2.45, 2.75) is 10.9 Å². The first-order chi connectivity index (χ1) is 12.0. The summed E-state index contributed by atoms with van der Waals surface area (Å²) in [5, 5.41) is 19.4. The van der Waals surface area contributed by atoms with Gasteiger partial charge < -0.3 is 9.90 Å². The third-order valence-corrected chi connectivity index (χ3v) is 5.02. The molecule has 128 valence electrons. The van der Waals surface area contributed by atoms with E-state index in [-0.39, 0.29) is 5.56 Å². The zero-order chi connectivity index (χ0) is 18.0. The predicted octanol–water partition coefficient (Wildman–Crippen LogP) is 2.04. The zero-order valence-electron chi connectivity index (χ0n) is 12.7. The van der Waals surface area contributed by atoms with E-state index in [0.717, 1.165) is 5.56 Å². The number of carboxylic acid groups (broad SMARTS) is 1. The molecule has 0 aliphatic rings. The fourth-order valence-corrected chi connectivity index (χ4v) is 3.49. The van der Waals surface area contributed by atoms with Crippen molar-refractivity contribution >= 4 is 40.9 Å². The van der Waals surface area contributed by atoms with Crippen molar-refractivity contribution < 1.29 is 14.6 Å². The van der Waals surface area contributed by atoms with Crippen molar-refractivity contribution in [2.24, 2.45) is 0 Å². The van der Waals surface area contributed by atoms with E-state index >= 15 is 0 Å². The second-order valence-electron chi connectivity index (χ2n) is 5.12. The Morgan fingerprint density at radius 3 is 2.60 bits per heavy atom. The summed E-state index contributed by atoms with van der Waals surface area (Å²) in [5.74, 6) is 6.02. The van der Waals surface area contributed by atoms with Gasteiger partial charge in [0.05, 0.1) is 21.7 Å². The van der Waals surface area contributed by atoms with Crippen molar-refractivity contribution in [1.29, 1.82) is 0 Å². The van der Waals surface area contributed by atoms with Crippen LogP contribution in [0.1, 0.15) is 15.9 Å². The molecule has 0 unspecified atom stereocenters. The van der Waals surface area contributed by atoms with Gasteiger partial charge in [0, 0.05) is 10.8 Å². The molecule has 0 saturated carbocycles. The molecule has 0 saturated heterocycles. The minimum absolute atomic E-state index is 0.141. The number of hydrogen-bond donors (Lipinski definition) is 2. The van der Waals surface area contributed by atoms with Crippen LogP contribution in [0, 0.1) is 0 Å². The van der Waals surface area contributed by atoms with Gasteiger partial charge in [0.25, 0.3) is 5.82 Å². The molecular formula is C16H12Cl2N4O2S. The molecular weight excluding hydrogens is 383 g/mol. The number of halogens is 2. The van der Waals surface area contributed by atoms with E-state index in [1.807, 2.05) is 0 Å². The quantitative estimate of drug-likeness (QED) is 0.391. The number of nitrogens with one attached hydrogen (secondary N) is 1. The number of carboxylic acids is 1. The van der Waals surface area contributed by atoms with Gasteiger partial charge in [-0.05, 0) is 41.1 Å². The highest BCUT2D eigenvalue weighted by atomic mass is 35.5. The molecule has 25 heavy (non-hydrogen) atoms. The highest BCUT2D eigenvalue weighted by Crippen LogP contribution is 2.28. The number of thioether (sulfide) groups is 1. The Bertz CT molecular complexity index is 928. The maximum absolute atomic E-state index is 10.8. The molecule has 0 aliphatic heterocycles. The Kier molecular flexibility index (Phi) is 5.17. The number of nitrogen functional groups attached to an aromatic ring is 1. The number of carbonyl (C=O) groups excluding carboxylic acids is 1. The standard InChI is InChI=1S/C16H12Cl2N4O2S/c17-11-5-6-12(13(18)7-11)14-20-21-16(22(14)19)25-8-9-1-3-10(4-2-9)15(23)24/h1-7H,8,19H2,(H,23,24). The van der Waals surface area contributed by atoms with Crippen LogP contribution in [0.2, 0.25) is 10.0 Å². The molecule has 3 aromatic rings. The van der Waals surface area contributed by atoms with E-state index in [9.17, 15) is 9.90 Å². The monoisotopic (exact) mass is 394 g/mol. The first-order valence-corrected chi connectivity index (χ1v) is 8.84. The molecule has 0 spiro atoms. The Balaban J connectivity index is 1.76. The molecule has 0 amide bonds. The van der Waals surface area contributed by atoms with Gasteiger partial charge in [-0.25, -0.2) is 0 Å². The van der Waals surface area contributed by atoms with Crippen LogP contribution in [-0.4, -0.2) is 16.2 Å². The van der Waals surface area contributed by atoms with Gasteiger partial charge >= 0.3 is 5.16 Å². The first-order valence-electron chi connectivity index (χ1n) is 7.09. The number of rotatable bonds is 5. The second kappa shape index (κ2) is 7.35. The molecule has 1 heterocycles. The third kappa shape index (κ3) is 3.89. The van der Waals surface area contributed by atoms with Gasteiger partial charge in [0.2, 0.25) is 0 Å². The van der Waals surface area contributed by atoms with Crippen LogP contribution in [0.4, 0.5) is 0 Å². The molecule has 0 fully saturated rings. The maximum atomic E-state index is 10.8. The fraction of sp³-hybridized carbons (Fsp3) is 0.0625. The molecule has 2 aromatic carbocycles. The number of aromatic amines is 1. The summed E-state index contributed by atoms with van der Waals surface area (Å²) in [6.07, 6.45) is 0. The normalized spacial score (nSPS) is 10.8. The first kappa shape index (κ1) is 17.6. The van der Waals surface area contributed by atoms with E-state index in [1.165, 1.54) is 28.6 Å². The molecule has 1 aromatic heterocycles. The Morgan fingerprint density at radius 2 is 1.96 bits per heavy atom. The van der Waals surface area contributed by atoms with Crippen LogP contribution < -0.4 is 15.6 Å². The Hall–Kier alpha value is -2.22. The molecule has 0 atom stereocenters. The van der Waals surface area contributed by atoms with Crippen LogP contribution in [0.25, 0.3) is 11.4 Å². The minimum atomic E-state index is -1.20. The van der Waals surface area contributed by atoms with Crippen LogP contribution in [0.15, 0.2) is 47.6 Å². The van der Waals surface area contributed by atoms with E-state index in [0.29, 0.717) is 32.3 Å². The van der Waals surface area contributed by atoms with Crippen molar-refractivity contribution in [3.63, 3.8) is 0 Å². The van der Waals surface area contributed by atoms with E-state index < -0.39 is 5.97 Å². The van der Waals surface area contributed by atoms with Crippen molar-refractivity contribution in [2.75, 3.05) is 5.84 Å². The van der Waals surface area contributed by atoms with E-state index in [2.05, 4.69) is 10.2 Å². The summed E-state index contributed by atoms with van der Waals surface area (Å²) in [7, 11) is 0. The second-order valence-corrected chi connectivity index (χ2v) is 6.91. The van der Waals surface area contributed by atoms with Gasteiger partial charge in [-0.1, -0.05) is 47.5 Å². The van der Waals surface area contributed by atoms with Gasteiger partial charge in [-0.2, -0.15) is 0 Å². The molecule has 3 N–H and O–H groups in total. The summed E-state index contributed by atoms with van der Waals surface area (Å²) in [6, 6.07) is 11.6. The number of carbonyl (C=O) groups is 1. The predicted molar refractivity (Wildman–Crippen MR) is 94.7 cm³/mol. The van der Waals surface area contributed by atoms with Gasteiger partial charge in [-0.15, -0.1) is 9.77 Å². The number of H-pyrrole nitrogens is 1. The van der Waals surface area contributed by atoms with E-state index in [4.69, 9.17) is 29.0 Å². The van der Waals surface area contributed by atoms with Crippen LogP contribution in [-0.2, 0) is 5.75 Å². The Labute approximate surface area is 157 Å². The topological polar surface area (TPSA) is 98.7 Å². The van der Waals surface area contributed by atoms with Gasteiger partial charge in [-0.3, -0.25) is 5.84 Å². The van der Waals surface area contributed by atoms with Crippen molar-refractivity contribution in [3.05, 3.63) is 63.6 Å². The zero-order valence-corrected chi connectivity index (χ0v) is 15.0. The summed E-state index contributed by atoms with van der Waals surface area (Å²) in [6.45, 7) is 0. The lowest BCUT2D eigenvalue weighted by Crippen LogP contribution is -2.47. The lowest BCUT2D eigenvalue weighted by atomic mass is 10.1. The molecule has 0 aliphatic carbocycles. The number of benzene rings is 2. The largest absolute Gasteiger partial charge is 0.545 e. The lowest BCUT2D eigenvalue weighted by Gasteiger charge is -2.03. The SMILES string of the molecule is N[n+]1c(SCc2ccc(C(=O)[O-])cc2)n[nH]c1-c1ccc(Cl)cc1Cl. The average Bonchev–Trinajstić information content (AvgIpc) is 2.94. The molecule has 3 rings (SSSR count). The van der Waals surface area contributed by atoms with Crippen LogP contribution >= 0.6 is 35.0 Å². The highest BCUT2D eigenvalue weighted by Gasteiger charge is 2.22. The average molecular weight is 395 g/mol. The molecule has 9 heteroatoms. The van der Waals surface area contributed by atoms with E-state index in [1.54, 1.807) is 30.3 Å². The summed E-state index contributed by atoms with van der Waals surface area (Å²) in [4.78, 5) is 10.8. The summed E-state index contributed by atoms with van der Waals surface area (Å²) < 4.78 is 1.41. The summed E-state index contributed by atoms with van der Waals surface area (Å²) >= 11 is 13.5. The number of aromatic nitrogens is 3. The lowest BCUT2D eigenvalue weighted by molar-refractivity contribution is -0.666.